The number of pyridine rings is 1. The highest BCUT2D eigenvalue weighted by molar-refractivity contribution is 5.89. The number of fused-ring (bicyclic) bond motifs is 1. The van der Waals surface area contributed by atoms with Crippen LogP contribution in [0.3, 0.4) is 0 Å². The Morgan fingerprint density at radius 1 is 1.19 bits per heavy atom. The maximum atomic E-state index is 12.4. The Balaban J connectivity index is 1.68. The lowest BCUT2D eigenvalue weighted by molar-refractivity contribution is -0.119. The summed E-state index contributed by atoms with van der Waals surface area (Å²) in [5.74, 6) is 0.285. The topological polar surface area (TPSA) is 45.2 Å². The van der Waals surface area contributed by atoms with Gasteiger partial charge in [0, 0.05) is 31.1 Å². The molecule has 0 atom stereocenters. The summed E-state index contributed by atoms with van der Waals surface area (Å²) in [7, 11) is 0. The maximum absolute atomic E-state index is 12.4. The number of rotatable bonds is 4. The second-order valence-electron chi connectivity index (χ2n) is 5.58. The number of para-hydroxylation sites is 1. The van der Waals surface area contributed by atoms with Crippen LogP contribution < -0.4 is 5.32 Å². The van der Waals surface area contributed by atoms with Gasteiger partial charge in [-0.2, -0.15) is 0 Å². The smallest absolute Gasteiger partial charge is 0.151 e. The number of nitrogens with zero attached hydrogens (tertiary/aromatic N) is 2. The summed E-state index contributed by atoms with van der Waals surface area (Å²) >= 11 is 0. The number of carbonyl (C=O) groups excluding carboxylic acids is 1. The van der Waals surface area contributed by atoms with Gasteiger partial charge in [-0.3, -0.25) is 14.7 Å². The number of aromatic nitrogens is 1. The van der Waals surface area contributed by atoms with Crippen LogP contribution in [0.25, 0.3) is 10.9 Å². The van der Waals surface area contributed by atoms with Crippen molar-refractivity contribution in [2.45, 2.75) is 12.8 Å². The van der Waals surface area contributed by atoms with E-state index in [4.69, 9.17) is 0 Å². The Hall–Kier alpha value is -1.78. The first-order valence-electron chi connectivity index (χ1n) is 7.60. The summed E-state index contributed by atoms with van der Waals surface area (Å²) in [6.07, 6.45) is 3.40. The molecule has 1 aliphatic rings. The minimum atomic E-state index is 0.285. The molecule has 21 heavy (non-hydrogen) atoms. The van der Waals surface area contributed by atoms with Crippen molar-refractivity contribution in [2.75, 3.05) is 32.7 Å². The van der Waals surface area contributed by atoms with E-state index in [-0.39, 0.29) is 5.78 Å². The van der Waals surface area contributed by atoms with Crippen molar-refractivity contribution >= 4 is 16.7 Å². The molecule has 4 nitrogen and oxygen atoms in total. The molecule has 1 N–H and O–H groups in total. The van der Waals surface area contributed by atoms with Gasteiger partial charge < -0.3 is 5.32 Å². The third-order valence-electron chi connectivity index (χ3n) is 3.96. The van der Waals surface area contributed by atoms with Gasteiger partial charge in [0.05, 0.1) is 12.1 Å². The summed E-state index contributed by atoms with van der Waals surface area (Å²) < 4.78 is 0. The average molecular weight is 283 g/mol. The van der Waals surface area contributed by atoms with Gasteiger partial charge in [-0.15, -0.1) is 0 Å². The molecule has 1 aromatic heterocycles. The van der Waals surface area contributed by atoms with Gasteiger partial charge in [-0.1, -0.05) is 18.2 Å². The SMILES string of the molecule is O=C(Cc1ccnc2ccccc12)CN1CCCNCC1. The summed E-state index contributed by atoms with van der Waals surface area (Å²) in [4.78, 5) is 19.0. The molecule has 110 valence electrons. The minimum Gasteiger partial charge on any atom is -0.315 e. The van der Waals surface area contributed by atoms with Crippen LogP contribution >= 0.6 is 0 Å². The summed E-state index contributed by atoms with van der Waals surface area (Å²) in [5.41, 5.74) is 2.04. The first kappa shape index (κ1) is 14.2. The van der Waals surface area contributed by atoms with Crippen molar-refractivity contribution in [2.24, 2.45) is 0 Å². The number of Topliss-reactive ketones (excluding diaryl/α,β-unsaturated/α-hetero) is 1. The molecular weight excluding hydrogens is 262 g/mol. The van der Waals surface area contributed by atoms with Crippen LogP contribution in [0, 0.1) is 0 Å². The first-order chi connectivity index (χ1) is 10.3. The van der Waals surface area contributed by atoms with Crippen LogP contribution in [0.5, 0.6) is 0 Å². The zero-order chi connectivity index (χ0) is 14.5. The Kier molecular flexibility index (Phi) is 4.58. The fraction of sp³-hybridized carbons (Fsp3) is 0.412. The van der Waals surface area contributed by atoms with Crippen LogP contribution in [0.1, 0.15) is 12.0 Å². The largest absolute Gasteiger partial charge is 0.315 e. The molecule has 0 aliphatic carbocycles. The van der Waals surface area contributed by atoms with Crippen molar-refractivity contribution in [1.82, 2.24) is 15.2 Å². The number of carbonyl (C=O) groups is 1. The quantitative estimate of drug-likeness (QED) is 0.926. The monoisotopic (exact) mass is 283 g/mol. The van der Waals surface area contributed by atoms with Crippen molar-refractivity contribution in [3.8, 4) is 0 Å². The van der Waals surface area contributed by atoms with Crippen LogP contribution in [-0.2, 0) is 11.2 Å². The molecule has 0 amide bonds. The second kappa shape index (κ2) is 6.78. The third kappa shape index (κ3) is 3.65. The molecule has 1 fully saturated rings. The van der Waals surface area contributed by atoms with Crippen LogP contribution in [0.4, 0.5) is 0 Å². The molecule has 1 aliphatic heterocycles. The lowest BCUT2D eigenvalue weighted by Crippen LogP contribution is -2.33. The van der Waals surface area contributed by atoms with E-state index in [9.17, 15) is 4.79 Å². The van der Waals surface area contributed by atoms with Crippen molar-refractivity contribution in [1.29, 1.82) is 0 Å². The van der Waals surface area contributed by atoms with Crippen molar-refractivity contribution in [3.63, 3.8) is 0 Å². The lowest BCUT2D eigenvalue weighted by Gasteiger charge is -2.18. The van der Waals surface area contributed by atoms with E-state index >= 15 is 0 Å². The highest BCUT2D eigenvalue weighted by atomic mass is 16.1. The molecule has 3 rings (SSSR count). The Bertz CT molecular complexity index is 613. The Morgan fingerprint density at radius 2 is 2.10 bits per heavy atom. The number of hydrogen-bond acceptors (Lipinski definition) is 4. The molecule has 0 bridgehead atoms. The van der Waals surface area contributed by atoms with Crippen LogP contribution in [-0.4, -0.2) is 48.4 Å². The van der Waals surface area contributed by atoms with Gasteiger partial charge >= 0.3 is 0 Å². The zero-order valence-corrected chi connectivity index (χ0v) is 12.2. The van der Waals surface area contributed by atoms with E-state index < -0.39 is 0 Å². The van der Waals surface area contributed by atoms with Crippen LogP contribution in [0.2, 0.25) is 0 Å². The lowest BCUT2D eigenvalue weighted by atomic mass is 10.0. The Labute approximate surface area is 125 Å². The molecule has 0 unspecified atom stereocenters. The number of ketones is 1. The van der Waals surface area contributed by atoms with Gasteiger partial charge in [0.15, 0.2) is 5.78 Å². The Morgan fingerprint density at radius 3 is 3.05 bits per heavy atom. The van der Waals surface area contributed by atoms with Gasteiger partial charge in [0.2, 0.25) is 0 Å². The predicted octanol–water partition coefficient (Wildman–Crippen LogP) is 1.64. The molecule has 0 saturated carbocycles. The molecule has 2 heterocycles. The standard InChI is InChI=1S/C17H21N3O/c21-15(13-20-10-3-7-18-9-11-20)12-14-6-8-19-17-5-2-1-4-16(14)17/h1-2,4-6,8,18H,3,7,9-13H2. The van der Waals surface area contributed by atoms with E-state index in [1.165, 1.54) is 0 Å². The van der Waals surface area contributed by atoms with Crippen LogP contribution in [0.15, 0.2) is 36.5 Å². The highest BCUT2D eigenvalue weighted by Gasteiger charge is 2.14. The normalized spacial score (nSPS) is 16.8. The van der Waals surface area contributed by atoms with Gasteiger partial charge in [0.25, 0.3) is 0 Å². The van der Waals surface area contributed by atoms with E-state index in [1.807, 2.05) is 30.3 Å². The van der Waals surface area contributed by atoms with Gasteiger partial charge in [-0.25, -0.2) is 0 Å². The minimum absolute atomic E-state index is 0.285. The molecule has 0 radical (unpaired) electrons. The van der Waals surface area contributed by atoms with Crippen molar-refractivity contribution < 1.29 is 4.79 Å². The molecular formula is C17H21N3O. The predicted molar refractivity (Wildman–Crippen MR) is 84.4 cm³/mol. The third-order valence-corrected chi connectivity index (χ3v) is 3.96. The van der Waals surface area contributed by atoms with E-state index in [1.54, 1.807) is 6.20 Å². The maximum Gasteiger partial charge on any atom is 0.151 e. The van der Waals surface area contributed by atoms with E-state index in [0.717, 1.165) is 49.1 Å². The number of nitrogens with one attached hydrogen (secondary N) is 1. The molecule has 1 aromatic carbocycles. The summed E-state index contributed by atoms with van der Waals surface area (Å²) in [6.45, 7) is 4.56. The first-order valence-corrected chi connectivity index (χ1v) is 7.60. The summed E-state index contributed by atoms with van der Waals surface area (Å²) in [5, 5.41) is 4.45. The molecule has 0 spiro atoms. The average Bonchev–Trinajstić information content (AvgIpc) is 2.76. The molecule has 1 saturated heterocycles. The van der Waals surface area contributed by atoms with Crippen molar-refractivity contribution in [3.05, 3.63) is 42.1 Å². The van der Waals surface area contributed by atoms with Gasteiger partial charge in [0.1, 0.15) is 0 Å². The molecule has 4 heteroatoms. The molecule has 2 aromatic rings. The zero-order valence-electron chi connectivity index (χ0n) is 12.2. The number of benzene rings is 1. The van der Waals surface area contributed by atoms with E-state index in [2.05, 4.69) is 15.2 Å². The number of hydrogen-bond donors (Lipinski definition) is 1. The van der Waals surface area contributed by atoms with E-state index in [0.29, 0.717) is 13.0 Å². The fourth-order valence-electron chi connectivity index (χ4n) is 2.89. The fourth-order valence-corrected chi connectivity index (χ4v) is 2.89. The summed E-state index contributed by atoms with van der Waals surface area (Å²) in [6, 6.07) is 9.97. The highest BCUT2D eigenvalue weighted by Crippen LogP contribution is 2.17. The van der Waals surface area contributed by atoms with Gasteiger partial charge in [-0.05, 0) is 37.2 Å². The second-order valence-corrected chi connectivity index (χ2v) is 5.58.